The van der Waals surface area contributed by atoms with E-state index in [4.69, 9.17) is 5.11 Å². The van der Waals surface area contributed by atoms with Crippen LogP contribution in [-0.4, -0.2) is 26.3 Å². The Bertz CT molecular complexity index is 719. The first-order valence-corrected chi connectivity index (χ1v) is 5.38. The molecule has 0 atom stereocenters. The molecule has 88 valence electrons. The molecule has 0 amide bonds. The normalized spacial score (nSPS) is 10.7. The van der Waals surface area contributed by atoms with Crippen LogP contribution in [0.25, 0.3) is 22.3 Å². The maximum absolute atomic E-state index is 10.9. The van der Waals surface area contributed by atoms with Crippen LogP contribution in [0.3, 0.4) is 0 Å². The third-order valence-electron chi connectivity index (χ3n) is 2.72. The van der Waals surface area contributed by atoms with Gasteiger partial charge in [-0.05, 0) is 6.07 Å². The third kappa shape index (κ3) is 1.62. The van der Waals surface area contributed by atoms with Crippen molar-refractivity contribution in [2.45, 2.75) is 0 Å². The van der Waals surface area contributed by atoms with E-state index >= 15 is 0 Å². The number of aromatic amines is 1. The Morgan fingerprint density at radius 2 is 2.00 bits per heavy atom. The molecular formula is C13H9N3O2. The van der Waals surface area contributed by atoms with Gasteiger partial charge in [-0.3, -0.25) is 5.10 Å². The second kappa shape index (κ2) is 3.96. The van der Waals surface area contributed by atoms with Crippen LogP contribution >= 0.6 is 0 Å². The zero-order chi connectivity index (χ0) is 12.5. The van der Waals surface area contributed by atoms with Gasteiger partial charge >= 0.3 is 5.97 Å². The van der Waals surface area contributed by atoms with Crippen molar-refractivity contribution in [3.05, 3.63) is 48.2 Å². The van der Waals surface area contributed by atoms with E-state index in [2.05, 4.69) is 15.2 Å². The maximum atomic E-state index is 10.9. The molecule has 5 nitrogen and oxygen atoms in total. The van der Waals surface area contributed by atoms with Crippen molar-refractivity contribution in [3.8, 4) is 11.3 Å². The predicted molar refractivity (Wildman–Crippen MR) is 66.3 cm³/mol. The number of aromatic nitrogens is 3. The number of carboxylic acids is 1. The van der Waals surface area contributed by atoms with Gasteiger partial charge < -0.3 is 5.11 Å². The lowest BCUT2D eigenvalue weighted by Crippen LogP contribution is -1.96. The lowest BCUT2D eigenvalue weighted by atomic mass is 10.1. The topological polar surface area (TPSA) is 78.9 Å². The minimum Gasteiger partial charge on any atom is -0.478 e. The number of pyridine rings is 1. The van der Waals surface area contributed by atoms with Crippen LogP contribution in [0.5, 0.6) is 0 Å². The monoisotopic (exact) mass is 239 g/mol. The number of benzene rings is 1. The molecular weight excluding hydrogens is 230 g/mol. The average Bonchev–Trinajstić information content (AvgIpc) is 2.82. The summed E-state index contributed by atoms with van der Waals surface area (Å²) in [5, 5.41) is 16.6. The fourth-order valence-corrected chi connectivity index (χ4v) is 1.84. The summed E-state index contributed by atoms with van der Waals surface area (Å²) >= 11 is 0. The SMILES string of the molecule is O=C(O)c1cnc2n[nH]c(-c3ccccc3)c2c1. The molecule has 0 aliphatic heterocycles. The fraction of sp³-hybridized carbons (Fsp3) is 0. The van der Waals surface area contributed by atoms with Crippen molar-refractivity contribution in [2.75, 3.05) is 0 Å². The minimum atomic E-state index is -0.996. The summed E-state index contributed by atoms with van der Waals surface area (Å²) in [6.45, 7) is 0. The Labute approximate surface area is 102 Å². The number of hydrogen-bond acceptors (Lipinski definition) is 3. The molecule has 1 aromatic carbocycles. The van der Waals surface area contributed by atoms with E-state index in [-0.39, 0.29) is 5.56 Å². The number of aromatic carboxylic acids is 1. The van der Waals surface area contributed by atoms with Gasteiger partial charge in [0.1, 0.15) is 0 Å². The van der Waals surface area contributed by atoms with Gasteiger partial charge in [0.25, 0.3) is 0 Å². The molecule has 0 aliphatic carbocycles. The Hall–Kier alpha value is -2.69. The minimum absolute atomic E-state index is 0.154. The molecule has 0 spiro atoms. The van der Waals surface area contributed by atoms with Crippen molar-refractivity contribution < 1.29 is 9.90 Å². The number of nitrogens with one attached hydrogen (secondary N) is 1. The second-order valence-corrected chi connectivity index (χ2v) is 3.86. The van der Waals surface area contributed by atoms with Crippen molar-refractivity contribution in [1.29, 1.82) is 0 Å². The summed E-state index contributed by atoms with van der Waals surface area (Å²) in [4.78, 5) is 15.0. The van der Waals surface area contributed by atoms with Crippen molar-refractivity contribution in [2.24, 2.45) is 0 Å². The summed E-state index contributed by atoms with van der Waals surface area (Å²) in [5.41, 5.74) is 2.39. The highest BCUT2D eigenvalue weighted by molar-refractivity contribution is 5.96. The van der Waals surface area contributed by atoms with Crippen LogP contribution in [-0.2, 0) is 0 Å². The van der Waals surface area contributed by atoms with Crippen molar-refractivity contribution in [3.63, 3.8) is 0 Å². The smallest absolute Gasteiger partial charge is 0.337 e. The van der Waals surface area contributed by atoms with E-state index in [0.29, 0.717) is 11.0 Å². The van der Waals surface area contributed by atoms with E-state index in [1.807, 2.05) is 30.3 Å². The number of carboxylic acid groups (broad SMARTS) is 1. The van der Waals surface area contributed by atoms with E-state index < -0.39 is 5.97 Å². The zero-order valence-corrected chi connectivity index (χ0v) is 9.29. The molecule has 0 fully saturated rings. The van der Waals surface area contributed by atoms with Gasteiger partial charge in [0.15, 0.2) is 5.65 Å². The number of fused-ring (bicyclic) bond motifs is 1. The van der Waals surface area contributed by atoms with Crippen LogP contribution < -0.4 is 0 Å². The molecule has 18 heavy (non-hydrogen) atoms. The fourth-order valence-electron chi connectivity index (χ4n) is 1.84. The van der Waals surface area contributed by atoms with Gasteiger partial charge in [-0.25, -0.2) is 9.78 Å². The first kappa shape index (κ1) is 10.5. The van der Waals surface area contributed by atoms with E-state index in [0.717, 1.165) is 11.3 Å². The van der Waals surface area contributed by atoms with Crippen LogP contribution in [0.1, 0.15) is 10.4 Å². The standard InChI is InChI=1S/C13H9N3O2/c17-13(18)9-6-10-11(8-4-2-1-3-5-8)15-16-12(10)14-7-9/h1-7H,(H,17,18)(H,14,15,16). The zero-order valence-electron chi connectivity index (χ0n) is 9.29. The predicted octanol–water partition coefficient (Wildman–Crippen LogP) is 2.32. The molecule has 3 aromatic rings. The highest BCUT2D eigenvalue weighted by Gasteiger charge is 2.11. The summed E-state index contributed by atoms with van der Waals surface area (Å²) in [5.74, 6) is -0.996. The number of H-pyrrole nitrogens is 1. The molecule has 2 N–H and O–H groups in total. The number of nitrogens with zero attached hydrogens (tertiary/aromatic N) is 2. The van der Waals surface area contributed by atoms with Crippen molar-refractivity contribution >= 4 is 17.0 Å². The molecule has 0 aliphatic rings. The molecule has 5 heteroatoms. The largest absolute Gasteiger partial charge is 0.478 e. The molecule has 0 saturated heterocycles. The van der Waals surface area contributed by atoms with E-state index in [1.54, 1.807) is 6.07 Å². The van der Waals surface area contributed by atoms with Gasteiger partial charge in [0, 0.05) is 17.1 Å². The summed E-state index contributed by atoms with van der Waals surface area (Å²) in [6, 6.07) is 11.2. The first-order chi connectivity index (χ1) is 8.75. The first-order valence-electron chi connectivity index (χ1n) is 5.38. The van der Waals surface area contributed by atoms with Crippen LogP contribution in [0.2, 0.25) is 0 Å². The molecule has 2 aromatic heterocycles. The van der Waals surface area contributed by atoms with Crippen LogP contribution in [0.4, 0.5) is 0 Å². The van der Waals surface area contributed by atoms with Crippen molar-refractivity contribution in [1.82, 2.24) is 15.2 Å². The highest BCUT2D eigenvalue weighted by atomic mass is 16.4. The third-order valence-corrected chi connectivity index (χ3v) is 2.72. The van der Waals surface area contributed by atoms with Gasteiger partial charge in [0.2, 0.25) is 0 Å². The quantitative estimate of drug-likeness (QED) is 0.719. The number of carbonyl (C=O) groups is 1. The van der Waals surface area contributed by atoms with Gasteiger partial charge in [-0.2, -0.15) is 5.10 Å². The lowest BCUT2D eigenvalue weighted by molar-refractivity contribution is 0.0696. The number of hydrogen-bond donors (Lipinski definition) is 2. The highest BCUT2D eigenvalue weighted by Crippen LogP contribution is 2.25. The van der Waals surface area contributed by atoms with Crippen LogP contribution in [0.15, 0.2) is 42.6 Å². The molecule has 0 unspecified atom stereocenters. The van der Waals surface area contributed by atoms with E-state index in [1.165, 1.54) is 6.20 Å². The average molecular weight is 239 g/mol. The Kier molecular flexibility index (Phi) is 2.30. The van der Waals surface area contributed by atoms with Gasteiger partial charge in [-0.15, -0.1) is 0 Å². The Morgan fingerprint density at radius 1 is 1.22 bits per heavy atom. The molecule has 0 bridgehead atoms. The maximum Gasteiger partial charge on any atom is 0.337 e. The Morgan fingerprint density at radius 3 is 2.72 bits per heavy atom. The molecule has 0 saturated carbocycles. The van der Waals surface area contributed by atoms with Gasteiger partial charge in [-0.1, -0.05) is 30.3 Å². The molecule has 0 radical (unpaired) electrons. The summed E-state index contributed by atoms with van der Waals surface area (Å²) in [6.07, 6.45) is 1.31. The van der Waals surface area contributed by atoms with E-state index in [9.17, 15) is 4.79 Å². The summed E-state index contributed by atoms with van der Waals surface area (Å²) < 4.78 is 0. The molecule has 2 heterocycles. The lowest BCUT2D eigenvalue weighted by Gasteiger charge is -1.98. The van der Waals surface area contributed by atoms with Crippen LogP contribution in [0, 0.1) is 0 Å². The second-order valence-electron chi connectivity index (χ2n) is 3.86. The Balaban J connectivity index is 2.24. The van der Waals surface area contributed by atoms with Gasteiger partial charge in [0.05, 0.1) is 11.3 Å². The number of rotatable bonds is 2. The molecule has 3 rings (SSSR count). The summed E-state index contributed by atoms with van der Waals surface area (Å²) in [7, 11) is 0.